The van der Waals surface area contributed by atoms with Crippen molar-refractivity contribution in [1.82, 2.24) is 0 Å². The highest BCUT2D eigenvalue weighted by Gasteiger charge is 2.19. The van der Waals surface area contributed by atoms with Crippen LogP contribution in [0.15, 0.2) is 48.5 Å². The van der Waals surface area contributed by atoms with Crippen molar-refractivity contribution < 1.29 is 13.9 Å². The summed E-state index contributed by atoms with van der Waals surface area (Å²) >= 11 is 0. The maximum Gasteiger partial charge on any atom is 0.139 e. The second-order valence-electron chi connectivity index (χ2n) is 4.63. The fraction of sp³-hybridized carbons (Fsp3) is 0.250. The minimum Gasteiger partial charge on any atom is -0.497 e. The summed E-state index contributed by atoms with van der Waals surface area (Å²) in [7, 11) is 1.59. The summed E-state index contributed by atoms with van der Waals surface area (Å²) in [4.78, 5) is 0. The number of ether oxygens (including phenoxy) is 2. The maximum absolute atomic E-state index is 13.3. The molecule has 0 aliphatic heterocycles. The van der Waals surface area contributed by atoms with Gasteiger partial charge in [-0.2, -0.15) is 0 Å². The summed E-state index contributed by atoms with van der Waals surface area (Å²) in [5.41, 5.74) is 6.67. The Morgan fingerprint density at radius 3 is 2.40 bits per heavy atom. The van der Waals surface area contributed by atoms with Crippen LogP contribution in [0.25, 0.3) is 0 Å². The summed E-state index contributed by atoms with van der Waals surface area (Å²) < 4.78 is 24.4. The van der Waals surface area contributed by atoms with Crippen molar-refractivity contribution in [1.29, 1.82) is 0 Å². The molecule has 4 heteroatoms. The molecule has 2 atom stereocenters. The lowest BCUT2D eigenvalue weighted by Crippen LogP contribution is -2.29. The van der Waals surface area contributed by atoms with Gasteiger partial charge >= 0.3 is 0 Å². The van der Waals surface area contributed by atoms with Crippen LogP contribution in [0.3, 0.4) is 0 Å². The van der Waals surface area contributed by atoms with Crippen molar-refractivity contribution in [3.8, 4) is 11.5 Å². The van der Waals surface area contributed by atoms with Gasteiger partial charge in [0.05, 0.1) is 7.11 Å². The van der Waals surface area contributed by atoms with Crippen molar-refractivity contribution in [3.05, 3.63) is 59.9 Å². The molecule has 0 radical (unpaired) electrons. The third-order valence-electron chi connectivity index (χ3n) is 2.96. The zero-order valence-corrected chi connectivity index (χ0v) is 11.5. The number of halogens is 1. The Hall–Kier alpha value is -2.07. The first-order chi connectivity index (χ1) is 9.60. The average Bonchev–Trinajstić information content (AvgIpc) is 2.44. The van der Waals surface area contributed by atoms with Gasteiger partial charge in [-0.25, -0.2) is 4.39 Å². The van der Waals surface area contributed by atoms with Gasteiger partial charge in [0.1, 0.15) is 23.4 Å². The van der Waals surface area contributed by atoms with Crippen LogP contribution in [0.4, 0.5) is 4.39 Å². The van der Waals surface area contributed by atoms with Crippen LogP contribution in [0.5, 0.6) is 11.5 Å². The van der Waals surface area contributed by atoms with E-state index >= 15 is 0 Å². The lowest BCUT2D eigenvalue weighted by atomic mass is 10.0. The van der Waals surface area contributed by atoms with Crippen LogP contribution in [0, 0.1) is 5.82 Å². The minimum atomic E-state index is -0.419. The molecule has 0 saturated heterocycles. The van der Waals surface area contributed by atoms with Crippen LogP contribution < -0.4 is 15.2 Å². The first-order valence-corrected chi connectivity index (χ1v) is 6.42. The topological polar surface area (TPSA) is 44.5 Å². The van der Waals surface area contributed by atoms with Crippen LogP contribution >= 0.6 is 0 Å². The van der Waals surface area contributed by atoms with Crippen molar-refractivity contribution in [2.45, 2.75) is 19.1 Å². The second kappa shape index (κ2) is 6.39. The molecule has 2 aromatic carbocycles. The predicted molar refractivity (Wildman–Crippen MR) is 76.4 cm³/mol. The number of hydrogen-bond acceptors (Lipinski definition) is 3. The molecule has 2 unspecified atom stereocenters. The standard InChI is InChI=1S/C16H18FNO2/c1-11(18)16(12-5-3-6-13(17)9-12)20-15-8-4-7-14(10-15)19-2/h3-11,16H,18H2,1-2H3. The lowest BCUT2D eigenvalue weighted by Gasteiger charge is -2.23. The third kappa shape index (κ3) is 3.48. The summed E-state index contributed by atoms with van der Waals surface area (Å²) in [6, 6.07) is 13.3. The highest BCUT2D eigenvalue weighted by Crippen LogP contribution is 2.27. The molecular weight excluding hydrogens is 257 g/mol. The first-order valence-electron chi connectivity index (χ1n) is 6.42. The van der Waals surface area contributed by atoms with Gasteiger partial charge in [-0.3, -0.25) is 0 Å². The molecule has 2 rings (SSSR count). The maximum atomic E-state index is 13.3. The van der Waals surface area contributed by atoms with Gasteiger partial charge < -0.3 is 15.2 Å². The molecule has 2 aromatic rings. The van der Waals surface area contributed by atoms with Gasteiger partial charge in [0.2, 0.25) is 0 Å². The van der Waals surface area contributed by atoms with Crippen molar-refractivity contribution >= 4 is 0 Å². The number of rotatable bonds is 5. The minimum absolute atomic E-state index is 0.275. The van der Waals surface area contributed by atoms with E-state index in [0.29, 0.717) is 17.1 Å². The second-order valence-corrected chi connectivity index (χ2v) is 4.63. The Labute approximate surface area is 118 Å². The molecule has 106 valence electrons. The van der Waals surface area contributed by atoms with E-state index in [1.54, 1.807) is 25.3 Å². The average molecular weight is 275 g/mol. The Kier molecular flexibility index (Phi) is 4.58. The molecule has 2 N–H and O–H groups in total. The Morgan fingerprint density at radius 2 is 1.75 bits per heavy atom. The van der Waals surface area contributed by atoms with E-state index in [2.05, 4.69) is 0 Å². The largest absolute Gasteiger partial charge is 0.497 e. The highest BCUT2D eigenvalue weighted by molar-refractivity contribution is 5.34. The van der Waals surface area contributed by atoms with E-state index in [1.807, 2.05) is 25.1 Å². The molecule has 20 heavy (non-hydrogen) atoms. The van der Waals surface area contributed by atoms with Crippen molar-refractivity contribution in [3.63, 3.8) is 0 Å². The Balaban J connectivity index is 2.25. The van der Waals surface area contributed by atoms with E-state index < -0.39 is 6.10 Å². The Morgan fingerprint density at radius 1 is 1.05 bits per heavy atom. The van der Waals surface area contributed by atoms with Gasteiger partial charge in [-0.1, -0.05) is 18.2 Å². The molecule has 0 bridgehead atoms. The lowest BCUT2D eigenvalue weighted by molar-refractivity contribution is 0.179. The van der Waals surface area contributed by atoms with Crippen molar-refractivity contribution in [2.75, 3.05) is 7.11 Å². The number of methoxy groups -OCH3 is 1. The van der Waals surface area contributed by atoms with E-state index in [0.717, 1.165) is 0 Å². The fourth-order valence-electron chi connectivity index (χ4n) is 1.98. The van der Waals surface area contributed by atoms with Crippen LogP contribution in [-0.2, 0) is 0 Å². The molecule has 0 fully saturated rings. The van der Waals surface area contributed by atoms with Crippen LogP contribution in [-0.4, -0.2) is 13.2 Å². The molecular formula is C16H18FNO2. The summed E-state index contributed by atoms with van der Waals surface area (Å²) in [6.45, 7) is 1.83. The van der Waals surface area contributed by atoms with Gasteiger partial charge in [0, 0.05) is 12.1 Å². The number of benzene rings is 2. The first kappa shape index (κ1) is 14.3. The van der Waals surface area contributed by atoms with E-state index in [4.69, 9.17) is 15.2 Å². The third-order valence-corrected chi connectivity index (χ3v) is 2.96. The normalized spacial score (nSPS) is 13.6. The van der Waals surface area contributed by atoms with Crippen LogP contribution in [0.2, 0.25) is 0 Å². The molecule has 0 spiro atoms. The van der Waals surface area contributed by atoms with Gasteiger partial charge in [0.25, 0.3) is 0 Å². The van der Waals surface area contributed by atoms with E-state index in [9.17, 15) is 4.39 Å². The SMILES string of the molecule is COc1cccc(OC(c2cccc(F)c2)C(C)N)c1. The molecule has 0 aliphatic rings. The molecule has 0 heterocycles. The molecule has 3 nitrogen and oxygen atoms in total. The molecule has 0 aliphatic carbocycles. The summed E-state index contributed by atoms with van der Waals surface area (Å²) in [5.74, 6) is 1.03. The molecule has 0 amide bonds. The van der Waals surface area contributed by atoms with Gasteiger partial charge in [-0.05, 0) is 36.8 Å². The number of hydrogen-bond donors (Lipinski definition) is 1. The quantitative estimate of drug-likeness (QED) is 0.910. The smallest absolute Gasteiger partial charge is 0.139 e. The summed E-state index contributed by atoms with van der Waals surface area (Å²) in [6.07, 6.45) is -0.419. The molecule has 0 aromatic heterocycles. The van der Waals surface area contributed by atoms with E-state index in [-0.39, 0.29) is 11.9 Å². The van der Waals surface area contributed by atoms with Gasteiger partial charge in [-0.15, -0.1) is 0 Å². The van der Waals surface area contributed by atoms with E-state index in [1.165, 1.54) is 12.1 Å². The van der Waals surface area contributed by atoms with Gasteiger partial charge in [0.15, 0.2) is 0 Å². The van der Waals surface area contributed by atoms with Crippen LogP contribution in [0.1, 0.15) is 18.6 Å². The zero-order chi connectivity index (χ0) is 14.5. The summed E-state index contributed by atoms with van der Waals surface area (Å²) in [5, 5.41) is 0. The zero-order valence-electron chi connectivity index (χ0n) is 11.5. The fourth-order valence-corrected chi connectivity index (χ4v) is 1.98. The highest BCUT2D eigenvalue weighted by atomic mass is 19.1. The molecule has 0 saturated carbocycles. The monoisotopic (exact) mass is 275 g/mol. The predicted octanol–water partition coefficient (Wildman–Crippen LogP) is 3.30. The number of nitrogens with two attached hydrogens (primary N) is 1. The van der Waals surface area contributed by atoms with Crippen molar-refractivity contribution in [2.24, 2.45) is 5.73 Å². The Bertz CT molecular complexity index is 572.